The lowest BCUT2D eigenvalue weighted by Crippen LogP contribution is -2.12. The molecule has 1 aromatic heterocycles. The second kappa shape index (κ2) is 5.72. The molecule has 0 aliphatic carbocycles. The molecule has 0 aliphatic rings. The van der Waals surface area contributed by atoms with Crippen LogP contribution in [-0.2, 0) is 6.54 Å². The quantitative estimate of drug-likeness (QED) is 0.577. The number of alkyl halides is 1. The zero-order valence-electron chi connectivity index (χ0n) is 11.4. The maximum atomic E-state index is 11.9. The van der Waals surface area contributed by atoms with Gasteiger partial charge in [0.1, 0.15) is 0 Å². The van der Waals surface area contributed by atoms with Crippen molar-refractivity contribution in [3.63, 3.8) is 0 Å². The number of hydrogen-bond acceptors (Lipinski definition) is 1. The minimum atomic E-state index is -0.450. The average molecular weight is 256 g/mol. The van der Waals surface area contributed by atoms with Crippen LogP contribution in [0, 0.1) is 19.8 Å². The fourth-order valence-corrected chi connectivity index (χ4v) is 2.11. The van der Waals surface area contributed by atoms with Gasteiger partial charge in [0, 0.05) is 23.5 Å². The Kier molecular flexibility index (Phi) is 4.81. The van der Waals surface area contributed by atoms with E-state index >= 15 is 0 Å². The van der Waals surface area contributed by atoms with E-state index in [4.69, 9.17) is 11.6 Å². The minimum absolute atomic E-state index is 0.0237. The molecule has 3 heteroatoms. The Labute approximate surface area is 109 Å². The molecule has 0 saturated carbocycles. The lowest BCUT2D eigenvalue weighted by molar-refractivity contribution is 0.0991. The predicted molar refractivity (Wildman–Crippen MR) is 73.0 cm³/mol. The summed E-state index contributed by atoms with van der Waals surface area (Å²) in [5, 5.41) is -0.450. The third-order valence-corrected chi connectivity index (χ3v) is 3.33. The molecule has 96 valence electrons. The summed E-state index contributed by atoms with van der Waals surface area (Å²) in [5.41, 5.74) is 2.96. The van der Waals surface area contributed by atoms with E-state index in [1.165, 1.54) is 0 Å². The summed E-state index contributed by atoms with van der Waals surface area (Å²) in [7, 11) is 0. The maximum absolute atomic E-state index is 11.9. The summed E-state index contributed by atoms with van der Waals surface area (Å²) < 4.78 is 2.21. The van der Waals surface area contributed by atoms with Gasteiger partial charge in [-0.2, -0.15) is 0 Å². The van der Waals surface area contributed by atoms with Crippen LogP contribution in [-0.4, -0.2) is 15.7 Å². The van der Waals surface area contributed by atoms with Crippen LogP contribution in [0.25, 0.3) is 0 Å². The van der Waals surface area contributed by atoms with Crippen molar-refractivity contribution in [3.05, 3.63) is 23.0 Å². The summed E-state index contributed by atoms with van der Waals surface area (Å²) in [6.45, 7) is 11.2. The Morgan fingerprint density at radius 2 is 1.94 bits per heavy atom. The third kappa shape index (κ3) is 3.35. The SMILES string of the molecule is Cc1cc(C(=O)C(C)Cl)c(C)n1CCC(C)C. The molecule has 0 aliphatic heterocycles. The maximum Gasteiger partial charge on any atom is 0.182 e. The molecular weight excluding hydrogens is 234 g/mol. The van der Waals surface area contributed by atoms with Crippen molar-refractivity contribution >= 4 is 17.4 Å². The fourth-order valence-electron chi connectivity index (χ4n) is 2.00. The number of halogens is 1. The molecule has 1 unspecified atom stereocenters. The standard InChI is InChI=1S/C14H22ClNO/c1-9(2)6-7-16-10(3)8-13(12(16)5)14(17)11(4)15/h8-9,11H,6-7H2,1-5H3. The second-order valence-corrected chi connectivity index (χ2v) is 5.75. The van der Waals surface area contributed by atoms with Crippen molar-refractivity contribution in [2.75, 3.05) is 0 Å². The zero-order chi connectivity index (χ0) is 13.2. The van der Waals surface area contributed by atoms with Crippen LogP contribution in [0.3, 0.4) is 0 Å². The number of aryl methyl sites for hydroxylation is 1. The van der Waals surface area contributed by atoms with Crippen LogP contribution < -0.4 is 0 Å². The fraction of sp³-hybridized carbons (Fsp3) is 0.643. The molecule has 0 fully saturated rings. The molecule has 0 N–H and O–H groups in total. The first kappa shape index (κ1) is 14.3. The van der Waals surface area contributed by atoms with Gasteiger partial charge in [-0.1, -0.05) is 13.8 Å². The summed E-state index contributed by atoms with van der Waals surface area (Å²) in [5.74, 6) is 0.692. The number of aromatic nitrogens is 1. The number of Topliss-reactive ketones (excluding diaryl/α,β-unsaturated/α-hetero) is 1. The van der Waals surface area contributed by atoms with Gasteiger partial charge < -0.3 is 4.57 Å². The highest BCUT2D eigenvalue weighted by molar-refractivity contribution is 6.33. The van der Waals surface area contributed by atoms with Crippen LogP contribution in [0.15, 0.2) is 6.07 Å². The molecule has 0 spiro atoms. The number of nitrogens with zero attached hydrogens (tertiary/aromatic N) is 1. The van der Waals surface area contributed by atoms with E-state index in [2.05, 4.69) is 18.4 Å². The molecule has 1 rings (SSSR count). The Bertz CT molecular complexity index is 405. The number of carbonyl (C=O) groups is 1. The molecule has 1 atom stereocenters. The molecule has 0 radical (unpaired) electrons. The highest BCUT2D eigenvalue weighted by Gasteiger charge is 2.19. The van der Waals surface area contributed by atoms with E-state index in [0.717, 1.165) is 29.9 Å². The van der Waals surface area contributed by atoms with Crippen LogP contribution in [0.2, 0.25) is 0 Å². The average Bonchev–Trinajstić information content (AvgIpc) is 2.50. The molecular formula is C14H22ClNO. The lowest BCUT2D eigenvalue weighted by Gasteiger charge is -2.11. The van der Waals surface area contributed by atoms with E-state index in [1.54, 1.807) is 6.92 Å². The molecule has 0 saturated heterocycles. The topological polar surface area (TPSA) is 22.0 Å². The minimum Gasteiger partial charge on any atom is -0.348 e. The third-order valence-electron chi connectivity index (χ3n) is 3.13. The van der Waals surface area contributed by atoms with Crippen LogP contribution >= 0.6 is 11.6 Å². The van der Waals surface area contributed by atoms with Crippen LogP contribution in [0.4, 0.5) is 0 Å². The molecule has 2 nitrogen and oxygen atoms in total. The van der Waals surface area contributed by atoms with Crippen molar-refractivity contribution in [2.45, 2.75) is 53.0 Å². The van der Waals surface area contributed by atoms with Gasteiger partial charge in [0.05, 0.1) is 5.38 Å². The largest absolute Gasteiger partial charge is 0.348 e. The van der Waals surface area contributed by atoms with E-state index in [0.29, 0.717) is 5.92 Å². The normalized spacial score (nSPS) is 13.1. The van der Waals surface area contributed by atoms with Gasteiger partial charge in [-0.3, -0.25) is 4.79 Å². The smallest absolute Gasteiger partial charge is 0.182 e. The van der Waals surface area contributed by atoms with Gasteiger partial charge in [0.25, 0.3) is 0 Å². The van der Waals surface area contributed by atoms with E-state index in [-0.39, 0.29) is 5.78 Å². The first-order valence-electron chi connectivity index (χ1n) is 6.19. The van der Waals surface area contributed by atoms with Crippen LogP contribution in [0.1, 0.15) is 48.9 Å². The van der Waals surface area contributed by atoms with Gasteiger partial charge in [0.2, 0.25) is 0 Å². The van der Waals surface area contributed by atoms with Gasteiger partial charge in [-0.25, -0.2) is 0 Å². The Hall–Kier alpha value is -0.760. The summed E-state index contributed by atoms with van der Waals surface area (Å²) in [6, 6.07) is 1.96. The van der Waals surface area contributed by atoms with Crippen molar-refractivity contribution in [3.8, 4) is 0 Å². The van der Waals surface area contributed by atoms with Crippen molar-refractivity contribution in [1.29, 1.82) is 0 Å². The molecule has 1 aromatic rings. The number of rotatable bonds is 5. The summed E-state index contributed by atoms with van der Waals surface area (Å²) in [4.78, 5) is 11.9. The number of ketones is 1. The summed E-state index contributed by atoms with van der Waals surface area (Å²) in [6.07, 6.45) is 1.13. The second-order valence-electron chi connectivity index (χ2n) is 5.10. The van der Waals surface area contributed by atoms with Gasteiger partial charge in [-0.05, 0) is 39.2 Å². The monoisotopic (exact) mass is 255 g/mol. The number of carbonyl (C=O) groups excluding carboxylic acids is 1. The van der Waals surface area contributed by atoms with Crippen molar-refractivity contribution in [1.82, 2.24) is 4.57 Å². The zero-order valence-corrected chi connectivity index (χ0v) is 12.1. The number of hydrogen-bond donors (Lipinski definition) is 0. The Morgan fingerprint density at radius 1 is 1.35 bits per heavy atom. The lowest BCUT2D eigenvalue weighted by atomic mass is 10.1. The first-order chi connectivity index (χ1) is 7.84. The van der Waals surface area contributed by atoms with Crippen molar-refractivity contribution < 1.29 is 4.79 Å². The molecule has 0 amide bonds. The predicted octanol–water partition coefficient (Wildman–Crippen LogP) is 3.96. The van der Waals surface area contributed by atoms with Crippen LogP contribution in [0.5, 0.6) is 0 Å². The van der Waals surface area contributed by atoms with E-state index in [1.807, 2.05) is 19.9 Å². The van der Waals surface area contributed by atoms with Crippen molar-refractivity contribution in [2.24, 2.45) is 5.92 Å². The van der Waals surface area contributed by atoms with Gasteiger partial charge >= 0.3 is 0 Å². The highest BCUT2D eigenvalue weighted by atomic mass is 35.5. The molecule has 17 heavy (non-hydrogen) atoms. The van der Waals surface area contributed by atoms with E-state index in [9.17, 15) is 4.79 Å². The van der Waals surface area contributed by atoms with E-state index < -0.39 is 5.38 Å². The Balaban J connectivity index is 2.97. The summed E-state index contributed by atoms with van der Waals surface area (Å²) >= 11 is 5.87. The molecule has 1 heterocycles. The Morgan fingerprint density at radius 3 is 2.41 bits per heavy atom. The first-order valence-corrected chi connectivity index (χ1v) is 6.63. The molecule has 0 aromatic carbocycles. The highest BCUT2D eigenvalue weighted by Crippen LogP contribution is 2.19. The van der Waals surface area contributed by atoms with Gasteiger partial charge in [-0.15, -0.1) is 11.6 Å². The molecule has 0 bridgehead atoms. The van der Waals surface area contributed by atoms with Gasteiger partial charge in [0.15, 0.2) is 5.78 Å².